The van der Waals surface area contributed by atoms with E-state index >= 15 is 0 Å². The molecule has 1 aromatic heterocycles. The van der Waals surface area contributed by atoms with Crippen molar-refractivity contribution in [1.29, 1.82) is 0 Å². The molecule has 0 saturated carbocycles. The molecule has 17 heavy (non-hydrogen) atoms. The highest BCUT2D eigenvalue weighted by molar-refractivity contribution is 5.94. The molecule has 0 spiro atoms. The number of rotatable bonds is 1. The molecular weight excluding hydrogens is 222 g/mol. The molecule has 0 amide bonds. The number of allylic oxidation sites excluding steroid dienone is 1. The second-order valence-corrected chi connectivity index (χ2v) is 4.08. The van der Waals surface area contributed by atoms with Gasteiger partial charge in [-0.05, 0) is 6.92 Å². The van der Waals surface area contributed by atoms with Gasteiger partial charge in [-0.1, -0.05) is 0 Å². The molecule has 90 valence electrons. The highest BCUT2D eigenvalue weighted by atomic mass is 16.2. The predicted octanol–water partition coefficient (Wildman–Crippen LogP) is -0.475. The number of carbonyl (C=O) groups excluding carboxylic acids is 1. The Morgan fingerprint density at radius 3 is 2.53 bits per heavy atom. The molecule has 0 radical (unpaired) electrons. The van der Waals surface area contributed by atoms with Crippen LogP contribution in [0.25, 0.3) is 0 Å². The highest BCUT2D eigenvalue weighted by Gasteiger charge is 2.21. The standard InChI is InChI=1S/C11H13N3O3/c1-6(15)7-4-8-9(12-5-7)13(2)11(17)14(3)10(8)16/h5,12H,4H2,1-3H3. The van der Waals surface area contributed by atoms with Crippen molar-refractivity contribution < 1.29 is 4.79 Å². The first-order valence-corrected chi connectivity index (χ1v) is 5.19. The van der Waals surface area contributed by atoms with Gasteiger partial charge in [0.05, 0.1) is 5.56 Å². The fourth-order valence-electron chi connectivity index (χ4n) is 1.88. The zero-order valence-corrected chi connectivity index (χ0v) is 9.90. The number of Topliss-reactive ketones (excluding diaryl/α,β-unsaturated/α-hetero) is 1. The summed E-state index contributed by atoms with van der Waals surface area (Å²) < 4.78 is 2.41. The van der Waals surface area contributed by atoms with Crippen LogP contribution in [0, 0.1) is 0 Å². The molecule has 6 heteroatoms. The second kappa shape index (κ2) is 3.73. The fourth-order valence-corrected chi connectivity index (χ4v) is 1.88. The molecule has 0 saturated heterocycles. The van der Waals surface area contributed by atoms with Crippen LogP contribution in [-0.2, 0) is 25.3 Å². The minimum absolute atomic E-state index is 0.0842. The summed E-state index contributed by atoms with van der Waals surface area (Å²) in [6.07, 6.45) is 1.81. The molecule has 2 rings (SSSR count). The number of hydrogen-bond donors (Lipinski definition) is 1. The van der Waals surface area contributed by atoms with Crippen molar-refractivity contribution in [3.63, 3.8) is 0 Å². The van der Waals surface area contributed by atoms with Crippen molar-refractivity contribution in [2.45, 2.75) is 13.3 Å². The molecule has 1 aliphatic rings. The van der Waals surface area contributed by atoms with Gasteiger partial charge in [-0.2, -0.15) is 0 Å². The molecule has 0 bridgehead atoms. The molecule has 0 atom stereocenters. The first-order valence-electron chi connectivity index (χ1n) is 5.19. The predicted molar refractivity (Wildman–Crippen MR) is 63.0 cm³/mol. The third kappa shape index (κ3) is 1.61. The molecule has 0 aromatic carbocycles. The van der Waals surface area contributed by atoms with E-state index in [1.165, 1.54) is 18.5 Å². The Labute approximate surface area is 97.2 Å². The van der Waals surface area contributed by atoms with Crippen LogP contribution in [0.2, 0.25) is 0 Å². The van der Waals surface area contributed by atoms with E-state index in [1.54, 1.807) is 13.2 Å². The van der Waals surface area contributed by atoms with Crippen LogP contribution < -0.4 is 16.6 Å². The van der Waals surface area contributed by atoms with Crippen molar-refractivity contribution in [3.05, 3.63) is 38.2 Å². The highest BCUT2D eigenvalue weighted by Crippen LogP contribution is 2.19. The Hall–Kier alpha value is -2.11. The van der Waals surface area contributed by atoms with Gasteiger partial charge in [-0.15, -0.1) is 0 Å². The SMILES string of the molecule is CC(=O)C1=CNc2c(c(=O)n(C)c(=O)n2C)C1. The summed E-state index contributed by atoms with van der Waals surface area (Å²) in [5.41, 5.74) is 0.235. The summed E-state index contributed by atoms with van der Waals surface area (Å²) in [7, 11) is 3.01. The lowest BCUT2D eigenvalue weighted by atomic mass is 10.0. The maximum absolute atomic E-state index is 11.9. The van der Waals surface area contributed by atoms with Gasteiger partial charge in [-0.25, -0.2) is 4.79 Å². The number of anilines is 1. The first-order chi connectivity index (χ1) is 7.93. The van der Waals surface area contributed by atoms with Gasteiger partial charge in [0, 0.05) is 32.3 Å². The van der Waals surface area contributed by atoms with Crippen LogP contribution in [0.4, 0.5) is 5.82 Å². The third-order valence-corrected chi connectivity index (χ3v) is 2.96. The van der Waals surface area contributed by atoms with E-state index in [0.29, 0.717) is 17.0 Å². The lowest BCUT2D eigenvalue weighted by molar-refractivity contribution is -0.113. The molecule has 1 N–H and O–H groups in total. The van der Waals surface area contributed by atoms with Gasteiger partial charge >= 0.3 is 5.69 Å². The molecule has 6 nitrogen and oxygen atoms in total. The van der Waals surface area contributed by atoms with Gasteiger partial charge in [0.15, 0.2) is 5.78 Å². The molecule has 0 unspecified atom stereocenters. The number of nitrogens with one attached hydrogen (secondary N) is 1. The summed E-state index contributed by atoms with van der Waals surface area (Å²) in [4.78, 5) is 34.9. The Morgan fingerprint density at radius 2 is 1.94 bits per heavy atom. The Bertz CT molecular complexity index is 649. The van der Waals surface area contributed by atoms with E-state index in [-0.39, 0.29) is 23.5 Å². The molecule has 1 aliphatic heterocycles. The van der Waals surface area contributed by atoms with Crippen molar-refractivity contribution in [1.82, 2.24) is 9.13 Å². The van der Waals surface area contributed by atoms with Crippen molar-refractivity contribution >= 4 is 11.6 Å². The fraction of sp³-hybridized carbons (Fsp3) is 0.364. The van der Waals surface area contributed by atoms with Gasteiger partial charge in [0.2, 0.25) is 0 Å². The maximum atomic E-state index is 11.9. The van der Waals surface area contributed by atoms with E-state index in [2.05, 4.69) is 5.32 Å². The monoisotopic (exact) mass is 235 g/mol. The Kier molecular flexibility index (Phi) is 2.49. The van der Waals surface area contributed by atoms with Crippen molar-refractivity contribution in [3.8, 4) is 0 Å². The molecule has 0 fully saturated rings. The second-order valence-electron chi connectivity index (χ2n) is 4.08. The number of carbonyl (C=O) groups is 1. The van der Waals surface area contributed by atoms with Crippen molar-refractivity contribution in [2.24, 2.45) is 14.1 Å². The first kappa shape index (κ1) is 11.4. The summed E-state index contributed by atoms with van der Waals surface area (Å²) >= 11 is 0. The number of hydrogen-bond acceptors (Lipinski definition) is 4. The Morgan fingerprint density at radius 1 is 1.29 bits per heavy atom. The largest absolute Gasteiger partial charge is 0.347 e. The third-order valence-electron chi connectivity index (χ3n) is 2.96. The zero-order chi connectivity index (χ0) is 12.7. The van der Waals surface area contributed by atoms with E-state index in [4.69, 9.17) is 0 Å². The van der Waals surface area contributed by atoms with Crippen LogP contribution >= 0.6 is 0 Å². The zero-order valence-electron chi connectivity index (χ0n) is 9.90. The average molecular weight is 235 g/mol. The number of ketones is 1. The van der Waals surface area contributed by atoms with Crippen LogP contribution in [0.1, 0.15) is 12.5 Å². The topological polar surface area (TPSA) is 73.1 Å². The lowest BCUT2D eigenvalue weighted by Crippen LogP contribution is -2.41. The minimum atomic E-state index is -0.388. The van der Waals surface area contributed by atoms with E-state index in [9.17, 15) is 14.4 Å². The number of fused-ring (bicyclic) bond motifs is 1. The van der Waals surface area contributed by atoms with Crippen LogP contribution in [0.5, 0.6) is 0 Å². The lowest BCUT2D eigenvalue weighted by Gasteiger charge is -2.19. The maximum Gasteiger partial charge on any atom is 0.332 e. The number of aromatic nitrogens is 2. The average Bonchev–Trinajstić information content (AvgIpc) is 2.32. The molecule has 2 heterocycles. The smallest absolute Gasteiger partial charge is 0.332 e. The van der Waals surface area contributed by atoms with Gasteiger partial charge in [-0.3, -0.25) is 18.7 Å². The van der Waals surface area contributed by atoms with Gasteiger partial charge in [0.1, 0.15) is 5.82 Å². The molecular formula is C11H13N3O3. The van der Waals surface area contributed by atoms with Crippen LogP contribution in [-0.4, -0.2) is 14.9 Å². The minimum Gasteiger partial charge on any atom is -0.347 e. The Balaban J connectivity index is 2.69. The summed E-state index contributed by atoms with van der Waals surface area (Å²) in [5.74, 6) is 0.377. The van der Waals surface area contributed by atoms with Crippen LogP contribution in [0.3, 0.4) is 0 Å². The quantitative estimate of drug-likeness (QED) is 0.714. The van der Waals surface area contributed by atoms with E-state index < -0.39 is 0 Å². The van der Waals surface area contributed by atoms with E-state index in [0.717, 1.165) is 4.57 Å². The van der Waals surface area contributed by atoms with E-state index in [1.807, 2.05) is 0 Å². The van der Waals surface area contributed by atoms with Gasteiger partial charge < -0.3 is 5.32 Å². The normalized spacial score (nSPS) is 13.7. The van der Waals surface area contributed by atoms with Crippen LogP contribution in [0.15, 0.2) is 21.4 Å². The number of nitrogens with zero attached hydrogens (tertiary/aromatic N) is 2. The summed E-state index contributed by atoms with van der Waals surface area (Å²) in [6, 6.07) is 0. The molecule has 0 aliphatic carbocycles. The summed E-state index contributed by atoms with van der Waals surface area (Å²) in [6.45, 7) is 1.45. The van der Waals surface area contributed by atoms with Gasteiger partial charge in [0.25, 0.3) is 5.56 Å². The molecule has 1 aromatic rings. The van der Waals surface area contributed by atoms with Crippen molar-refractivity contribution in [2.75, 3.05) is 5.32 Å². The summed E-state index contributed by atoms with van der Waals surface area (Å²) in [5, 5.41) is 2.84.